The number of carbonyl (C=O) groups excluding carboxylic acids is 1. The third kappa shape index (κ3) is 3.98. The number of aryl methyl sites for hydroxylation is 2. The number of oxazole rings is 1. The van der Waals surface area contributed by atoms with Gasteiger partial charge < -0.3 is 23.7 Å². The average Bonchev–Trinajstić information content (AvgIpc) is 3.35. The number of carbonyl (C=O) groups is 1. The first kappa shape index (κ1) is 20.6. The highest BCUT2D eigenvalue weighted by Crippen LogP contribution is 2.36. The average molecular weight is 447 g/mol. The molecule has 10 heteroatoms. The summed E-state index contributed by atoms with van der Waals surface area (Å²) in [5.74, 6) is 2.93. The van der Waals surface area contributed by atoms with Crippen LogP contribution in [-0.4, -0.2) is 78.4 Å². The Labute approximate surface area is 184 Å². The van der Waals surface area contributed by atoms with Crippen LogP contribution >= 0.6 is 0 Å². The van der Waals surface area contributed by atoms with Gasteiger partial charge in [0, 0.05) is 50.5 Å². The molecule has 0 radical (unpaired) electrons. The van der Waals surface area contributed by atoms with Crippen molar-refractivity contribution in [1.82, 2.24) is 15.0 Å². The van der Waals surface area contributed by atoms with Gasteiger partial charge in [-0.25, -0.2) is 14.8 Å². The first-order valence-corrected chi connectivity index (χ1v) is 12.5. The first-order chi connectivity index (χ1) is 15.0. The van der Waals surface area contributed by atoms with E-state index in [1.165, 1.54) is 16.9 Å². The summed E-state index contributed by atoms with van der Waals surface area (Å²) in [6.45, 7) is 4.47. The number of hydrogen-bond donors (Lipinski definition) is 0. The largest absolute Gasteiger partial charge is 0.454 e. The van der Waals surface area contributed by atoms with Crippen LogP contribution in [0.3, 0.4) is 0 Å². The van der Waals surface area contributed by atoms with Crippen LogP contribution in [0, 0.1) is 6.92 Å². The molecule has 1 atom stereocenters. The number of aromatic nitrogens is 3. The minimum atomic E-state index is -0.452. The van der Waals surface area contributed by atoms with Gasteiger partial charge in [-0.1, -0.05) is 0 Å². The van der Waals surface area contributed by atoms with Crippen molar-refractivity contribution in [3.8, 4) is 0 Å². The smallest absolute Gasteiger partial charge is 0.360 e. The molecule has 0 aromatic carbocycles. The van der Waals surface area contributed by atoms with E-state index in [1.54, 1.807) is 6.92 Å². The van der Waals surface area contributed by atoms with Crippen LogP contribution in [0.2, 0.25) is 0 Å². The van der Waals surface area contributed by atoms with E-state index >= 15 is 0 Å². The van der Waals surface area contributed by atoms with Crippen LogP contribution in [0.1, 0.15) is 34.9 Å². The van der Waals surface area contributed by atoms with Crippen molar-refractivity contribution in [3.63, 3.8) is 0 Å². The number of esters is 1. The van der Waals surface area contributed by atoms with E-state index in [-0.39, 0.29) is 22.7 Å². The molecule has 1 unspecified atom stereocenters. The standard InChI is InChI=1S/C21H28N5O4S/c1-13-22-17(12-29-13)20(27)30-15-10-26(11-15)21-23-16-6-9-31(3)18(16)19(24-21)25(2)14-4-7-28-8-5-14/h12,14-15H,4-11H2,1-3H3/q+1. The number of anilines is 2. The second-order valence-corrected chi connectivity index (χ2v) is 10.4. The van der Waals surface area contributed by atoms with Crippen LogP contribution in [0.5, 0.6) is 0 Å². The molecule has 0 spiro atoms. The number of hydrogen-bond acceptors (Lipinski definition) is 9. The van der Waals surface area contributed by atoms with Gasteiger partial charge in [-0.2, -0.15) is 4.98 Å². The van der Waals surface area contributed by atoms with Crippen LogP contribution < -0.4 is 9.80 Å². The third-order valence-electron chi connectivity index (χ3n) is 6.20. The Morgan fingerprint density at radius 3 is 2.74 bits per heavy atom. The van der Waals surface area contributed by atoms with Crippen molar-refractivity contribution < 1.29 is 18.7 Å². The van der Waals surface area contributed by atoms with Gasteiger partial charge >= 0.3 is 5.97 Å². The van der Waals surface area contributed by atoms with Crippen LogP contribution in [0.15, 0.2) is 15.6 Å². The van der Waals surface area contributed by atoms with Crippen LogP contribution in [-0.2, 0) is 26.8 Å². The molecule has 0 N–H and O–H groups in total. The maximum Gasteiger partial charge on any atom is 0.360 e. The first-order valence-electron chi connectivity index (χ1n) is 10.7. The van der Waals surface area contributed by atoms with Crippen molar-refractivity contribution in [1.29, 1.82) is 0 Å². The fraction of sp³-hybridized carbons (Fsp3) is 0.619. The zero-order chi connectivity index (χ0) is 21.5. The van der Waals surface area contributed by atoms with Crippen molar-refractivity contribution in [2.75, 3.05) is 55.2 Å². The minimum absolute atomic E-state index is 0.175. The van der Waals surface area contributed by atoms with Crippen LogP contribution in [0.25, 0.3) is 0 Å². The summed E-state index contributed by atoms with van der Waals surface area (Å²) in [6, 6.07) is 0.439. The Morgan fingerprint density at radius 2 is 2.03 bits per heavy atom. The summed E-state index contributed by atoms with van der Waals surface area (Å²) >= 11 is 0. The highest BCUT2D eigenvalue weighted by atomic mass is 32.2. The van der Waals surface area contributed by atoms with E-state index in [0.29, 0.717) is 25.0 Å². The molecule has 0 bridgehead atoms. The fourth-order valence-electron chi connectivity index (χ4n) is 4.32. The molecule has 2 aromatic heterocycles. The fourth-order valence-corrected chi connectivity index (χ4v) is 6.07. The molecule has 3 aliphatic heterocycles. The normalized spacial score (nSPS) is 21.6. The molecule has 5 rings (SSSR count). The number of rotatable bonds is 5. The van der Waals surface area contributed by atoms with Crippen molar-refractivity contribution in [3.05, 3.63) is 23.5 Å². The lowest BCUT2D eigenvalue weighted by molar-refractivity contribution is 0.0224. The SMILES string of the molecule is Cc1nc(C(=O)OC2CN(c3nc4c(c(N(C)C5CCOCC5)n3)[S+](C)CC4)C2)co1. The van der Waals surface area contributed by atoms with Gasteiger partial charge in [0.15, 0.2) is 17.4 Å². The number of nitrogens with zero attached hydrogens (tertiary/aromatic N) is 5. The highest BCUT2D eigenvalue weighted by molar-refractivity contribution is 7.96. The number of ether oxygens (including phenoxy) is 2. The zero-order valence-corrected chi connectivity index (χ0v) is 19.0. The summed E-state index contributed by atoms with van der Waals surface area (Å²) < 4.78 is 16.2. The topological polar surface area (TPSA) is 93.8 Å². The van der Waals surface area contributed by atoms with Gasteiger partial charge in [0.2, 0.25) is 10.8 Å². The van der Waals surface area contributed by atoms with E-state index < -0.39 is 5.97 Å². The molecule has 9 nitrogen and oxygen atoms in total. The lowest BCUT2D eigenvalue weighted by Crippen LogP contribution is -2.54. The lowest BCUT2D eigenvalue weighted by Gasteiger charge is -2.39. The Kier molecular flexibility index (Phi) is 5.51. The van der Waals surface area contributed by atoms with Crippen molar-refractivity contribution >= 4 is 28.6 Å². The molecule has 0 aliphatic carbocycles. The Morgan fingerprint density at radius 1 is 1.26 bits per heavy atom. The van der Waals surface area contributed by atoms with Gasteiger partial charge in [-0.3, -0.25) is 0 Å². The Hall–Kier alpha value is -2.33. The minimum Gasteiger partial charge on any atom is -0.454 e. The maximum absolute atomic E-state index is 12.2. The summed E-state index contributed by atoms with van der Waals surface area (Å²) in [5.41, 5.74) is 1.38. The van der Waals surface area contributed by atoms with E-state index in [4.69, 9.17) is 23.9 Å². The molecule has 2 fully saturated rings. The summed E-state index contributed by atoms with van der Waals surface area (Å²) in [7, 11) is 2.33. The number of fused-ring (bicyclic) bond motifs is 1. The molecule has 31 heavy (non-hydrogen) atoms. The summed E-state index contributed by atoms with van der Waals surface area (Å²) in [5, 5.41) is 0. The monoisotopic (exact) mass is 446 g/mol. The lowest BCUT2D eigenvalue weighted by atomic mass is 10.1. The zero-order valence-electron chi connectivity index (χ0n) is 18.2. The van der Waals surface area contributed by atoms with Gasteiger partial charge in [-0.15, -0.1) is 0 Å². The Bertz CT molecular complexity index is 971. The summed E-state index contributed by atoms with van der Waals surface area (Å²) in [4.78, 5) is 31.9. The summed E-state index contributed by atoms with van der Waals surface area (Å²) in [6.07, 6.45) is 6.46. The predicted octanol–water partition coefficient (Wildman–Crippen LogP) is 1.60. The van der Waals surface area contributed by atoms with E-state index in [9.17, 15) is 4.79 Å². The van der Waals surface area contributed by atoms with E-state index in [2.05, 4.69) is 28.1 Å². The van der Waals surface area contributed by atoms with E-state index in [1.807, 2.05) is 0 Å². The molecule has 2 aromatic rings. The molecule has 166 valence electrons. The van der Waals surface area contributed by atoms with Gasteiger partial charge in [0.05, 0.1) is 13.1 Å². The quantitative estimate of drug-likeness (QED) is 0.501. The predicted molar refractivity (Wildman–Crippen MR) is 117 cm³/mol. The molecule has 0 saturated carbocycles. The van der Waals surface area contributed by atoms with E-state index in [0.717, 1.165) is 50.0 Å². The molecule has 0 amide bonds. The molecule has 2 saturated heterocycles. The highest BCUT2D eigenvalue weighted by Gasteiger charge is 2.40. The Balaban J connectivity index is 1.31. The van der Waals surface area contributed by atoms with Gasteiger partial charge in [0.25, 0.3) is 0 Å². The van der Waals surface area contributed by atoms with Crippen molar-refractivity contribution in [2.24, 2.45) is 0 Å². The molecular weight excluding hydrogens is 418 g/mol. The second-order valence-electron chi connectivity index (χ2n) is 8.35. The molecule has 3 aliphatic rings. The maximum atomic E-state index is 12.2. The molecule has 5 heterocycles. The second kappa shape index (κ2) is 8.31. The molecular formula is C21H28N5O4S+. The van der Waals surface area contributed by atoms with Gasteiger partial charge in [0.1, 0.15) is 30.1 Å². The third-order valence-corrected chi connectivity index (χ3v) is 8.14. The van der Waals surface area contributed by atoms with Crippen molar-refractivity contribution in [2.45, 2.75) is 43.2 Å². The van der Waals surface area contributed by atoms with Crippen LogP contribution in [0.4, 0.5) is 11.8 Å². The van der Waals surface area contributed by atoms with Gasteiger partial charge in [-0.05, 0) is 12.8 Å².